The molecule has 59 heavy (non-hydrogen) atoms. The van der Waals surface area contributed by atoms with Crippen molar-refractivity contribution < 1.29 is 4.42 Å². The maximum absolute atomic E-state index is 7.07. The number of nitrogens with one attached hydrogen (secondary N) is 1. The van der Waals surface area contributed by atoms with Gasteiger partial charge >= 0.3 is 6.85 Å². The lowest BCUT2D eigenvalue weighted by molar-refractivity contribution is 0.332. The summed E-state index contributed by atoms with van der Waals surface area (Å²) >= 11 is 0. The molecule has 1 N–H and O–H groups in total. The first-order valence-electron chi connectivity index (χ1n) is 22.1. The standard InChI is InChI=1S/C55H55BN2O/c1-51(2)23-24-52(3,4)39-27-31(19-21-38(39)51)58-44-30-41-40(53(5,6)25-26-54(41,7)8)28-36(44)46-48-43(29-35-33-16-12-14-18-45(33)59-50(35)46)57-49-42(56(48)58)22-20-34-32-15-11-13-17-37(32)55(9,10)47(34)49/h11-22,27-30,57H,23-26H2,1-10H3. The fourth-order valence-corrected chi connectivity index (χ4v) is 12.5. The number of anilines is 4. The summed E-state index contributed by atoms with van der Waals surface area (Å²) in [5.74, 6) is 0. The molecule has 7 aromatic rings. The molecule has 12 rings (SSSR count). The summed E-state index contributed by atoms with van der Waals surface area (Å²) in [6.45, 7) is 24.4. The fourth-order valence-electron chi connectivity index (χ4n) is 12.5. The van der Waals surface area contributed by atoms with Crippen molar-refractivity contribution in [1.29, 1.82) is 0 Å². The zero-order valence-electron chi connectivity index (χ0n) is 36.5. The van der Waals surface area contributed by atoms with E-state index in [-0.39, 0.29) is 33.9 Å². The van der Waals surface area contributed by atoms with Gasteiger partial charge in [-0.15, -0.1) is 0 Å². The minimum absolute atomic E-state index is 0.0485. The number of rotatable bonds is 1. The predicted molar refractivity (Wildman–Crippen MR) is 251 cm³/mol. The molecule has 0 atom stereocenters. The number of hydrogen-bond acceptors (Lipinski definition) is 3. The molecule has 0 unspecified atom stereocenters. The Labute approximate surface area is 350 Å². The highest BCUT2D eigenvalue weighted by atomic mass is 16.3. The second-order valence-corrected chi connectivity index (χ2v) is 21.9. The topological polar surface area (TPSA) is 28.4 Å². The monoisotopic (exact) mass is 770 g/mol. The summed E-state index contributed by atoms with van der Waals surface area (Å²) in [4.78, 5) is 2.76. The maximum Gasteiger partial charge on any atom is 0.333 e. The van der Waals surface area contributed by atoms with Crippen molar-refractivity contribution in [3.05, 3.63) is 130 Å². The Kier molecular flexibility index (Phi) is 6.73. The molecule has 0 saturated carbocycles. The number of furan rings is 1. The van der Waals surface area contributed by atoms with Crippen molar-refractivity contribution in [2.45, 2.75) is 122 Å². The van der Waals surface area contributed by atoms with E-state index in [0.717, 1.165) is 11.2 Å². The highest BCUT2D eigenvalue weighted by molar-refractivity contribution is 6.94. The highest BCUT2D eigenvalue weighted by Crippen LogP contribution is 2.57. The van der Waals surface area contributed by atoms with Gasteiger partial charge in [0, 0.05) is 50.1 Å². The van der Waals surface area contributed by atoms with Crippen LogP contribution < -0.4 is 21.1 Å². The largest absolute Gasteiger partial charge is 0.455 e. The Balaban J connectivity index is 1.24. The summed E-state index contributed by atoms with van der Waals surface area (Å²) < 4.78 is 7.07. The molecule has 3 nitrogen and oxygen atoms in total. The van der Waals surface area contributed by atoms with Crippen LogP contribution in [0.5, 0.6) is 0 Å². The van der Waals surface area contributed by atoms with Gasteiger partial charge in [0.2, 0.25) is 0 Å². The molecular weight excluding hydrogens is 715 g/mol. The number of fused-ring (bicyclic) bond motifs is 14. The summed E-state index contributed by atoms with van der Waals surface area (Å²) in [5.41, 5.74) is 23.7. The van der Waals surface area contributed by atoms with Gasteiger partial charge in [0.15, 0.2) is 0 Å². The lowest BCUT2D eigenvalue weighted by Crippen LogP contribution is -2.61. The Morgan fingerprint density at radius 1 is 0.559 bits per heavy atom. The Morgan fingerprint density at radius 2 is 1.20 bits per heavy atom. The quantitative estimate of drug-likeness (QED) is 0.169. The van der Waals surface area contributed by atoms with Crippen LogP contribution in [-0.4, -0.2) is 6.85 Å². The molecule has 5 aliphatic rings. The van der Waals surface area contributed by atoms with Gasteiger partial charge in [0.05, 0.1) is 0 Å². The molecular formula is C55H55BN2O. The van der Waals surface area contributed by atoms with Gasteiger partial charge in [-0.1, -0.05) is 130 Å². The second kappa shape index (κ2) is 11.1. The molecule has 6 aromatic carbocycles. The van der Waals surface area contributed by atoms with Crippen LogP contribution >= 0.6 is 0 Å². The van der Waals surface area contributed by atoms with E-state index in [2.05, 4.69) is 176 Å². The molecule has 1 aromatic heterocycles. The molecule has 0 radical (unpaired) electrons. The molecule has 3 heterocycles. The number of para-hydroxylation sites is 1. The molecule has 0 spiro atoms. The summed E-state index contributed by atoms with van der Waals surface area (Å²) in [6.07, 6.45) is 4.71. The maximum atomic E-state index is 7.07. The normalized spacial score (nSPS) is 20.2. The average molecular weight is 771 g/mol. The molecule has 0 saturated heterocycles. The third-order valence-corrected chi connectivity index (χ3v) is 16.2. The highest BCUT2D eigenvalue weighted by Gasteiger charge is 2.50. The minimum Gasteiger partial charge on any atom is -0.455 e. The van der Waals surface area contributed by atoms with Crippen LogP contribution in [0.25, 0.3) is 44.2 Å². The van der Waals surface area contributed by atoms with Crippen LogP contribution in [0.1, 0.15) is 128 Å². The van der Waals surface area contributed by atoms with Crippen LogP contribution in [0, 0.1) is 0 Å². The third kappa shape index (κ3) is 4.56. The lowest BCUT2D eigenvalue weighted by Gasteiger charge is -2.47. The molecule has 0 fully saturated rings. The van der Waals surface area contributed by atoms with E-state index in [4.69, 9.17) is 4.42 Å². The van der Waals surface area contributed by atoms with Crippen molar-refractivity contribution in [1.82, 2.24) is 0 Å². The molecule has 0 amide bonds. The Morgan fingerprint density at radius 3 is 1.95 bits per heavy atom. The van der Waals surface area contributed by atoms with E-state index in [1.54, 1.807) is 0 Å². The van der Waals surface area contributed by atoms with Gasteiger partial charge in [-0.3, -0.25) is 0 Å². The smallest absolute Gasteiger partial charge is 0.333 e. The molecule has 3 aliphatic carbocycles. The zero-order valence-corrected chi connectivity index (χ0v) is 36.5. The first-order valence-corrected chi connectivity index (χ1v) is 22.1. The fraction of sp³-hybridized carbons (Fsp3) is 0.345. The Hall–Kier alpha value is -5.22. The van der Waals surface area contributed by atoms with Gasteiger partial charge in [0.25, 0.3) is 0 Å². The van der Waals surface area contributed by atoms with Crippen molar-refractivity contribution in [2.75, 3.05) is 10.1 Å². The van der Waals surface area contributed by atoms with Crippen LogP contribution in [0.4, 0.5) is 22.7 Å². The van der Waals surface area contributed by atoms with Gasteiger partial charge in [0.1, 0.15) is 11.2 Å². The van der Waals surface area contributed by atoms with E-state index in [0.29, 0.717) is 0 Å². The molecule has 0 bridgehead atoms. The SMILES string of the molecule is CC1(C)CCC(C)(C)c2cc(N3B4c5ccc6c(c5Nc5cc7c(oc8ccccc87)c(c54)-c4cc5c(cc43)C(C)(C)CCC5(C)C)C(C)(C)c3ccccc3-6)ccc21. The van der Waals surface area contributed by atoms with Crippen molar-refractivity contribution >= 4 is 62.5 Å². The van der Waals surface area contributed by atoms with Crippen LogP contribution in [0.3, 0.4) is 0 Å². The first kappa shape index (κ1) is 35.7. The van der Waals surface area contributed by atoms with E-state index in [9.17, 15) is 0 Å². The minimum atomic E-state index is -0.176. The Bertz CT molecular complexity index is 3030. The molecule has 4 heteroatoms. The summed E-state index contributed by atoms with van der Waals surface area (Å²) in [6, 6.07) is 37.7. The van der Waals surface area contributed by atoms with Gasteiger partial charge < -0.3 is 14.5 Å². The third-order valence-electron chi connectivity index (χ3n) is 16.2. The van der Waals surface area contributed by atoms with Crippen LogP contribution in [0.15, 0.2) is 101 Å². The van der Waals surface area contributed by atoms with Gasteiger partial charge in [-0.2, -0.15) is 0 Å². The van der Waals surface area contributed by atoms with E-state index in [1.165, 1.54) is 126 Å². The van der Waals surface area contributed by atoms with Crippen molar-refractivity contribution in [3.8, 4) is 22.3 Å². The molecule has 2 aliphatic heterocycles. The zero-order chi connectivity index (χ0) is 40.8. The number of hydrogen-bond donors (Lipinski definition) is 1. The summed E-state index contributed by atoms with van der Waals surface area (Å²) in [7, 11) is 0. The van der Waals surface area contributed by atoms with E-state index >= 15 is 0 Å². The molecule has 294 valence electrons. The van der Waals surface area contributed by atoms with E-state index < -0.39 is 0 Å². The van der Waals surface area contributed by atoms with Gasteiger partial charge in [-0.25, -0.2) is 0 Å². The lowest BCUT2D eigenvalue weighted by atomic mass is 9.43. The predicted octanol–water partition coefficient (Wildman–Crippen LogP) is 13.6. The first-order chi connectivity index (χ1) is 28.0. The number of nitrogens with zero attached hydrogens (tertiary/aromatic N) is 1. The van der Waals surface area contributed by atoms with Crippen molar-refractivity contribution in [2.24, 2.45) is 0 Å². The number of benzene rings is 6. The van der Waals surface area contributed by atoms with E-state index in [1.807, 2.05) is 0 Å². The average Bonchev–Trinajstić information content (AvgIpc) is 3.69. The van der Waals surface area contributed by atoms with Crippen LogP contribution in [-0.2, 0) is 27.1 Å². The van der Waals surface area contributed by atoms with Crippen LogP contribution in [0.2, 0.25) is 0 Å². The summed E-state index contributed by atoms with van der Waals surface area (Å²) in [5, 5.41) is 6.56. The van der Waals surface area contributed by atoms with Gasteiger partial charge in [-0.05, 0) is 139 Å². The van der Waals surface area contributed by atoms with Crippen molar-refractivity contribution in [3.63, 3.8) is 0 Å². The second-order valence-electron chi connectivity index (χ2n) is 21.9.